The highest BCUT2D eigenvalue weighted by atomic mass is 35.5. The van der Waals surface area contributed by atoms with Gasteiger partial charge in [-0.25, -0.2) is 4.79 Å². The summed E-state index contributed by atoms with van der Waals surface area (Å²) in [5.74, 6) is -1.34. The molecular weight excluding hydrogens is 348 g/mol. The minimum Gasteiger partial charge on any atom is -0.495 e. The number of halogens is 1. The summed E-state index contributed by atoms with van der Waals surface area (Å²) in [7, 11) is 1.45. The first kappa shape index (κ1) is 20.8. The van der Waals surface area contributed by atoms with Gasteiger partial charge in [-0.15, -0.1) is 0 Å². The van der Waals surface area contributed by atoms with Crippen molar-refractivity contribution >= 4 is 29.4 Å². The minimum absolute atomic E-state index is 0.0627. The van der Waals surface area contributed by atoms with Crippen LogP contribution in [0.4, 0.5) is 0 Å². The maximum atomic E-state index is 12.0. The van der Waals surface area contributed by atoms with E-state index in [1.54, 1.807) is 0 Å². The van der Waals surface area contributed by atoms with Gasteiger partial charge in [0.15, 0.2) is 6.04 Å². The van der Waals surface area contributed by atoms with E-state index in [2.05, 4.69) is 10.6 Å². The molecule has 0 fully saturated rings. The Balaban J connectivity index is 2.60. The second kappa shape index (κ2) is 10.6. The molecule has 8 heteroatoms. The van der Waals surface area contributed by atoms with Gasteiger partial charge in [-0.1, -0.05) is 24.6 Å². The highest BCUT2D eigenvalue weighted by Crippen LogP contribution is 2.27. The van der Waals surface area contributed by atoms with Crippen LogP contribution in [0, 0.1) is 0 Å². The quantitative estimate of drug-likeness (QED) is 0.586. The fourth-order valence-corrected chi connectivity index (χ4v) is 2.41. The zero-order valence-electron chi connectivity index (χ0n) is 14.3. The number of amides is 2. The molecule has 1 aromatic carbocycles. The van der Waals surface area contributed by atoms with E-state index in [1.165, 1.54) is 25.3 Å². The average molecular weight is 371 g/mol. The molecule has 0 aliphatic rings. The number of methoxy groups -OCH3 is 1. The molecule has 0 spiro atoms. The number of carbonyl (C=O) groups is 3. The Morgan fingerprint density at radius 3 is 2.48 bits per heavy atom. The summed E-state index contributed by atoms with van der Waals surface area (Å²) in [6.45, 7) is 2.55. The zero-order valence-corrected chi connectivity index (χ0v) is 15.1. The largest absolute Gasteiger partial charge is 0.495 e. The summed E-state index contributed by atoms with van der Waals surface area (Å²) in [6, 6.07) is 3.29. The number of ether oxygens (including phenoxy) is 1. The van der Waals surface area contributed by atoms with E-state index in [1.807, 2.05) is 6.92 Å². The van der Waals surface area contributed by atoms with Gasteiger partial charge in [-0.3, -0.25) is 9.59 Å². The van der Waals surface area contributed by atoms with Crippen molar-refractivity contribution < 1.29 is 24.2 Å². The Labute approximate surface area is 151 Å². The zero-order chi connectivity index (χ0) is 18.8. The Bertz CT molecular complexity index is 621. The summed E-state index contributed by atoms with van der Waals surface area (Å²) in [6.07, 6.45) is 1.47. The molecule has 2 amide bonds. The van der Waals surface area contributed by atoms with Crippen molar-refractivity contribution in [2.75, 3.05) is 13.7 Å². The SMILES string of the molecule is CCCNC(=O)CCCC(=O)NC(C(=O)O)c1ccc(OC)c(Cl)c1. The lowest BCUT2D eigenvalue weighted by Gasteiger charge is -2.16. The molecule has 0 saturated heterocycles. The second-order valence-electron chi connectivity index (χ2n) is 5.44. The highest BCUT2D eigenvalue weighted by molar-refractivity contribution is 6.32. The lowest BCUT2D eigenvalue weighted by molar-refractivity contribution is -0.142. The normalized spacial score (nSPS) is 11.5. The van der Waals surface area contributed by atoms with E-state index < -0.39 is 17.9 Å². The number of hydrogen-bond acceptors (Lipinski definition) is 4. The van der Waals surface area contributed by atoms with Crippen molar-refractivity contribution in [3.8, 4) is 5.75 Å². The van der Waals surface area contributed by atoms with Crippen LogP contribution in [0.2, 0.25) is 5.02 Å². The molecule has 0 aliphatic carbocycles. The Morgan fingerprint density at radius 1 is 1.24 bits per heavy atom. The van der Waals surface area contributed by atoms with Gasteiger partial charge in [0.1, 0.15) is 5.75 Å². The Kier molecular flexibility index (Phi) is 8.77. The summed E-state index contributed by atoms with van der Waals surface area (Å²) in [5, 5.41) is 14.8. The molecule has 0 radical (unpaired) electrons. The van der Waals surface area contributed by atoms with Gasteiger partial charge in [-0.05, 0) is 30.5 Å². The fraction of sp³-hybridized carbons (Fsp3) is 0.471. The first-order chi connectivity index (χ1) is 11.9. The molecule has 0 aliphatic heterocycles. The van der Waals surface area contributed by atoms with Gasteiger partial charge >= 0.3 is 5.97 Å². The summed E-state index contributed by atoms with van der Waals surface area (Å²) in [5.41, 5.74) is 0.340. The summed E-state index contributed by atoms with van der Waals surface area (Å²) < 4.78 is 5.02. The number of rotatable bonds is 10. The number of aliphatic carboxylic acids is 1. The van der Waals surface area contributed by atoms with Crippen LogP contribution in [0.3, 0.4) is 0 Å². The molecule has 7 nitrogen and oxygen atoms in total. The van der Waals surface area contributed by atoms with Crippen LogP contribution in [0.15, 0.2) is 18.2 Å². The van der Waals surface area contributed by atoms with Crippen molar-refractivity contribution in [2.24, 2.45) is 0 Å². The topological polar surface area (TPSA) is 105 Å². The number of hydrogen-bond donors (Lipinski definition) is 3. The van der Waals surface area contributed by atoms with Crippen molar-refractivity contribution in [1.29, 1.82) is 0 Å². The van der Waals surface area contributed by atoms with Gasteiger partial charge < -0.3 is 20.5 Å². The van der Waals surface area contributed by atoms with Crippen LogP contribution < -0.4 is 15.4 Å². The molecule has 0 saturated carbocycles. The van der Waals surface area contributed by atoms with Crippen molar-refractivity contribution in [1.82, 2.24) is 10.6 Å². The van der Waals surface area contributed by atoms with Crippen LogP contribution in [-0.2, 0) is 14.4 Å². The smallest absolute Gasteiger partial charge is 0.330 e. The van der Waals surface area contributed by atoms with Crippen molar-refractivity contribution in [3.05, 3.63) is 28.8 Å². The van der Waals surface area contributed by atoms with E-state index in [9.17, 15) is 19.5 Å². The number of carboxylic acids is 1. The van der Waals surface area contributed by atoms with E-state index in [0.29, 0.717) is 24.3 Å². The van der Waals surface area contributed by atoms with E-state index in [-0.39, 0.29) is 23.8 Å². The molecular formula is C17H23ClN2O5. The summed E-state index contributed by atoms with van der Waals surface area (Å²) in [4.78, 5) is 34.9. The predicted molar refractivity (Wildman–Crippen MR) is 93.7 cm³/mol. The minimum atomic E-state index is -1.22. The molecule has 1 atom stereocenters. The van der Waals surface area contributed by atoms with E-state index >= 15 is 0 Å². The van der Waals surface area contributed by atoms with Crippen LogP contribution >= 0.6 is 11.6 Å². The van der Waals surface area contributed by atoms with Gasteiger partial charge in [0.2, 0.25) is 11.8 Å². The van der Waals surface area contributed by atoms with Crippen molar-refractivity contribution in [3.63, 3.8) is 0 Å². The van der Waals surface area contributed by atoms with Gasteiger partial charge in [0.25, 0.3) is 0 Å². The Morgan fingerprint density at radius 2 is 1.92 bits per heavy atom. The predicted octanol–water partition coefficient (Wildman–Crippen LogP) is 2.29. The molecule has 0 aromatic heterocycles. The molecule has 0 bridgehead atoms. The lowest BCUT2D eigenvalue weighted by Crippen LogP contribution is -2.33. The maximum absolute atomic E-state index is 12.0. The molecule has 25 heavy (non-hydrogen) atoms. The molecule has 1 aromatic rings. The molecule has 0 heterocycles. The number of nitrogens with one attached hydrogen (secondary N) is 2. The highest BCUT2D eigenvalue weighted by Gasteiger charge is 2.23. The molecule has 138 valence electrons. The third-order valence-corrected chi connectivity index (χ3v) is 3.74. The van der Waals surface area contributed by atoms with Gasteiger partial charge in [0.05, 0.1) is 12.1 Å². The monoisotopic (exact) mass is 370 g/mol. The second-order valence-corrected chi connectivity index (χ2v) is 5.84. The molecule has 1 rings (SSSR count). The fourth-order valence-electron chi connectivity index (χ4n) is 2.15. The lowest BCUT2D eigenvalue weighted by atomic mass is 10.1. The number of carboxylic acid groups (broad SMARTS) is 1. The van der Waals surface area contributed by atoms with E-state index in [0.717, 1.165) is 6.42 Å². The number of carbonyl (C=O) groups excluding carboxylic acids is 2. The molecule has 3 N–H and O–H groups in total. The van der Waals surface area contributed by atoms with Crippen LogP contribution in [0.1, 0.15) is 44.2 Å². The molecule has 1 unspecified atom stereocenters. The average Bonchev–Trinajstić information content (AvgIpc) is 2.57. The van der Waals surface area contributed by atoms with Gasteiger partial charge in [0, 0.05) is 19.4 Å². The van der Waals surface area contributed by atoms with Gasteiger partial charge in [-0.2, -0.15) is 0 Å². The standard InChI is InChI=1S/C17H23ClN2O5/c1-3-9-19-14(21)5-4-6-15(22)20-16(17(23)24)11-7-8-13(25-2)12(18)10-11/h7-8,10,16H,3-6,9H2,1-2H3,(H,19,21)(H,20,22)(H,23,24). The van der Waals surface area contributed by atoms with Crippen LogP contribution in [-0.4, -0.2) is 36.5 Å². The number of benzene rings is 1. The first-order valence-electron chi connectivity index (χ1n) is 8.01. The first-order valence-corrected chi connectivity index (χ1v) is 8.39. The third-order valence-electron chi connectivity index (χ3n) is 3.44. The van der Waals surface area contributed by atoms with Crippen LogP contribution in [0.5, 0.6) is 5.75 Å². The third kappa shape index (κ3) is 7.01. The Hall–Kier alpha value is -2.28. The van der Waals surface area contributed by atoms with Crippen molar-refractivity contribution in [2.45, 2.75) is 38.6 Å². The van der Waals surface area contributed by atoms with E-state index in [4.69, 9.17) is 16.3 Å². The van der Waals surface area contributed by atoms with Crippen LogP contribution in [0.25, 0.3) is 0 Å². The maximum Gasteiger partial charge on any atom is 0.330 e. The summed E-state index contributed by atoms with van der Waals surface area (Å²) >= 11 is 6.00.